The first-order valence-electron chi connectivity index (χ1n) is 6.88. The van der Waals surface area contributed by atoms with Gasteiger partial charge >= 0.3 is 0 Å². The van der Waals surface area contributed by atoms with Gasteiger partial charge in [0.05, 0.1) is 0 Å². The molecular formula is C14H22ClFN2O2S. The summed E-state index contributed by atoms with van der Waals surface area (Å²) in [5.41, 5.74) is 6.23. The molecule has 1 aliphatic heterocycles. The average Bonchev–Trinajstić information content (AvgIpc) is 2.41. The van der Waals surface area contributed by atoms with Crippen LogP contribution in [-0.2, 0) is 10.0 Å². The van der Waals surface area contributed by atoms with Crippen molar-refractivity contribution in [1.82, 2.24) is 4.31 Å². The van der Waals surface area contributed by atoms with Gasteiger partial charge in [-0.05, 0) is 38.3 Å². The topological polar surface area (TPSA) is 63.4 Å². The van der Waals surface area contributed by atoms with Gasteiger partial charge in [-0.1, -0.05) is 18.6 Å². The minimum Gasteiger partial charge on any atom is -0.326 e. The van der Waals surface area contributed by atoms with E-state index in [1.807, 2.05) is 0 Å². The molecule has 21 heavy (non-hydrogen) atoms. The zero-order chi connectivity index (χ0) is 14.9. The summed E-state index contributed by atoms with van der Waals surface area (Å²) in [7, 11) is -3.83. The van der Waals surface area contributed by atoms with E-state index in [2.05, 4.69) is 0 Å². The normalized spacial score (nSPS) is 21.6. The lowest BCUT2D eigenvalue weighted by Crippen LogP contribution is -2.51. The Morgan fingerprint density at radius 1 is 1.38 bits per heavy atom. The summed E-state index contributed by atoms with van der Waals surface area (Å²) in [6.45, 7) is 3.76. The standard InChI is InChI=1S/C14H21FN2O2S.ClH/c1-10-6-5-8-13(14(10)15)20(18,19)17-9-4-3-7-12(17)11(2)16;/h5-6,8,11-12H,3-4,7,9,16H2,1-2H3;1H. The van der Waals surface area contributed by atoms with Crippen LogP contribution in [0.5, 0.6) is 0 Å². The summed E-state index contributed by atoms with van der Waals surface area (Å²) in [5.74, 6) is -0.665. The quantitative estimate of drug-likeness (QED) is 0.922. The molecule has 1 aromatic carbocycles. The van der Waals surface area contributed by atoms with Crippen LogP contribution in [0.3, 0.4) is 0 Å². The van der Waals surface area contributed by atoms with Gasteiger partial charge in [-0.15, -0.1) is 12.4 Å². The molecule has 1 fully saturated rings. The third kappa shape index (κ3) is 3.56. The largest absolute Gasteiger partial charge is 0.326 e. The first-order chi connectivity index (χ1) is 9.35. The summed E-state index contributed by atoms with van der Waals surface area (Å²) in [5, 5.41) is 0. The van der Waals surface area contributed by atoms with E-state index < -0.39 is 15.8 Å². The highest BCUT2D eigenvalue weighted by atomic mass is 35.5. The van der Waals surface area contributed by atoms with Crippen LogP contribution in [0.25, 0.3) is 0 Å². The van der Waals surface area contributed by atoms with Crippen LogP contribution in [0.2, 0.25) is 0 Å². The highest BCUT2D eigenvalue weighted by molar-refractivity contribution is 7.89. The fourth-order valence-corrected chi connectivity index (χ4v) is 4.61. The van der Waals surface area contributed by atoms with Crippen LogP contribution in [0, 0.1) is 12.7 Å². The van der Waals surface area contributed by atoms with Crippen molar-refractivity contribution in [3.63, 3.8) is 0 Å². The number of nitrogens with zero attached hydrogens (tertiary/aromatic N) is 1. The minimum atomic E-state index is -3.83. The van der Waals surface area contributed by atoms with Crippen molar-refractivity contribution < 1.29 is 12.8 Å². The number of hydrogen-bond donors (Lipinski definition) is 1. The number of halogens is 2. The molecule has 1 saturated heterocycles. The molecular weight excluding hydrogens is 315 g/mol. The second kappa shape index (κ2) is 7.05. The van der Waals surface area contributed by atoms with Crippen LogP contribution in [0.15, 0.2) is 23.1 Å². The van der Waals surface area contributed by atoms with E-state index in [1.165, 1.54) is 10.4 Å². The number of sulfonamides is 1. The molecule has 1 aromatic rings. The minimum absolute atomic E-state index is 0. The van der Waals surface area contributed by atoms with Crippen molar-refractivity contribution in [2.75, 3.05) is 6.54 Å². The first kappa shape index (κ1) is 18.4. The van der Waals surface area contributed by atoms with Gasteiger partial charge in [-0.3, -0.25) is 0 Å². The lowest BCUT2D eigenvalue weighted by molar-refractivity contribution is 0.226. The van der Waals surface area contributed by atoms with Gasteiger partial charge in [0, 0.05) is 18.6 Å². The fourth-order valence-electron chi connectivity index (χ4n) is 2.70. The Balaban J connectivity index is 0.00000220. The highest BCUT2D eigenvalue weighted by Gasteiger charge is 2.36. The van der Waals surface area contributed by atoms with E-state index >= 15 is 0 Å². The SMILES string of the molecule is Cc1cccc(S(=O)(=O)N2CCCCC2C(C)N)c1F.Cl. The van der Waals surface area contributed by atoms with Crippen molar-refractivity contribution in [3.8, 4) is 0 Å². The van der Waals surface area contributed by atoms with Gasteiger partial charge in [0.1, 0.15) is 10.7 Å². The fraction of sp³-hybridized carbons (Fsp3) is 0.571. The summed E-state index contributed by atoms with van der Waals surface area (Å²) < 4.78 is 40.9. The molecule has 1 heterocycles. The molecule has 4 nitrogen and oxygen atoms in total. The van der Waals surface area contributed by atoms with Gasteiger partial charge in [-0.2, -0.15) is 4.31 Å². The maximum absolute atomic E-state index is 14.1. The maximum atomic E-state index is 14.1. The molecule has 0 amide bonds. The van der Waals surface area contributed by atoms with Crippen LogP contribution in [-0.4, -0.2) is 31.4 Å². The monoisotopic (exact) mass is 336 g/mol. The Hall–Kier alpha value is -0.690. The van der Waals surface area contributed by atoms with Crippen molar-refractivity contribution in [3.05, 3.63) is 29.6 Å². The molecule has 120 valence electrons. The van der Waals surface area contributed by atoms with Gasteiger partial charge in [0.25, 0.3) is 0 Å². The van der Waals surface area contributed by atoms with E-state index in [1.54, 1.807) is 26.0 Å². The number of hydrogen-bond acceptors (Lipinski definition) is 3. The average molecular weight is 337 g/mol. The molecule has 0 aliphatic carbocycles. The van der Waals surface area contributed by atoms with Crippen molar-refractivity contribution in [1.29, 1.82) is 0 Å². The molecule has 2 N–H and O–H groups in total. The Bertz CT molecular complexity index is 593. The Morgan fingerprint density at radius 3 is 2.67 bits per heavy atom. The number of piperidine rings is 1. The van der Waals surface area contributed by atoms with E-state index in [0.717, 1.165) is 19.3 Å². The molecule has 0 bridgehead atoms. The smallest absolute Gasteiger partial charge is 0.246 e. The second-order valence-electron chi connectivity index (χ2n) is 5.43. The van der Waals surface area contributed by atoms with Gasteiger partial charge in [-0.25, -0.2) is 12.8 Å². The Morgan fingerprint density at radius 2 is 2.05 bits per heavy atom. The summed E-state index contributed by atoms with van der Waals surface area (Å²) >= 11 is 0. The van der Waals surface area contributed by atoms with Crippen LogP contribution < -0.4 is 5.73 Å². The lowest BCUT2D eigenvalue weighted by Gasteiger charge is -2.37. The molecule has 2 atom stereocenters. The summed E-state index contributed by atoms with van der Waals surface area (Å²) in [4.78, 5) is -0.245. The molecule has 0 saturated carbocycles. The highest BCUT2D eigenvalue weighted by Crippen LogP contribution is 2.28. The van der Waals surface area contributed by atoms with Gasteiger partial charge < -0.3 is 5.73 Å². The summed E-state index contributed by atoms with van der Waals surface area (Å²) in [6, 6.07) is 3.93. The van der Waals surface area contributed by atoms with Crippen molar-refractivity contribution >= 4 is 22.4 Å². The summed E-state index contributed by atoms with van der Waals surface area (Å²) in [6.07, 6.45) is 2.47. The first-order valence-corrected chi connectivity index (χ1v) is 8.32. The number of benzene rings is 1. The predicted octanol–water partition coefficient (Wildman–Crippen LogP) is 2.45. The predicted molar refractivity (Wildman–Crippen MR) is 83.6 cm³/mol. The third-order valence-corrected chi connectivity index (χ3v) is 5.79. The van der Waals surface area contributed by atoms with Crippen molar-refractivity contribution in [2.45, 2.75) is 50.1 Å². The van der Waals surface area contributed by atoms with Crippen molar-refractivity contribution in [2.24, 2.45) is 5.73 Å². The second-order valence-corrected chi connectivity index (χ2v) is 7.28. The number of aryl methyl sites for hydroxylation is 1. The van der Waals surface area contributed by atoms with E-state index in [4.69, 9.17) is 5.73 Å². The Kier molecular flexibility index (Phi) is 6.16. The zero-order valence-electron chi connectivity index (χ0n) is 12.3. The molecule has 1 aliphatic rings. The molecule has 2 rings (SSSR count). The molecule has 7 heteroatoms. The number of nitrogens with two attached hydrogens (primary N) is 1. The van der Waals surface area contributed by atoms with Gasteiger partial charge in [0.2, 0.25) is 10.0 Å². The third-order valence-electron chi connectivity index (χ3n) is 3.85. The van der Waals surface area contributed by atoms with Crippen LogP contribution >= 0.6 is 12.4 Å². The van der Waals surface area contributed by atoms with Crippen LogP contribution in [0.1, 0.15) is 31.7 Å². The molecule has 0 aromatic heterocycles. The number of rotatable bonds is 3. The molecule has 2 unspecified atom stereocenters. The molecule has 0 radical (unpaired) electrons. The van der Waals surface area contributed by atoms with Crippen LogP contribution in [0.4, 0.5) is 4.39 Å². The van der Waals surface area contributed by atoms with E-state index in [0.29, 0.717) is 12.1 Å². The van der Waals surface area contributed by atoms with E-state index in [-0.39, 0.29) is 29.4 Å². The maximum Gasteiger partial charge on any atom is 0.246 e. The zero-order valence-corrected chi connectivity index (χ0v) is 13.9. The molecule has 0 spiro atoms. The van der Waals surface area contributed by atoms with Gasteiger partial charge in [0.15, 0.2) is 0 Å². The van der Waals surface area contributed by atoms with E-state index in [9.17, 15) is 12.8 Å². The lowest BCUT2D eigenvalue weighted by atomic mass is 10.00. The Labute approximate surface area is 132 Å².